The lowest BCUT2D eigenvalue weighted by molar-refractivity contribution is -0.462. The molecule has 95 heavy (non-hydrogen) atoms. The van der Waals surface area contributed by atoms with Crippen LogP contribution in [0.25, 0.3) is 12.2 Å². The molecule has 0 spiro atoms. The number of halogens is 8. The molecule has 3 N–H and O–H groups in total. The Hall–Kier alpha value is -5.71. The molecule has 0 bridgehead atoms. The van der Waals surface area contributed by atoms with Crippen molar-refractivity contribution in [1.82, 2.24) is 0 Å². The lowest BCUT2D eigenvalue weighted by atomic mass is 10.0. The minimum absolute atomic E-state index is 0.212. The van der Waals surface area contributed by atoms with Gasteiger partial charge in [-0.05, 0) is 137 Å². The second kappa shape index (κ2) is 44.3. The number of aliphatic carboxylic acids is 3. The number of nitrogens with two attached hydrogens (primary N) is 1. The summed E-state index contributed by atoms with van der Waals surface area (Å²) in [5.74, 6) is -4.90. The van der Waals surface area contributed by atoms with E-state index in [0.717, 1.165) is 76.6 Å². The minimum Gasteiger partial charge on any atom is -0.542 e. The molecule has 0 aromatic heterocycles. The predicted molar refractivity (Wildman–Crippen MR) is 371 cm³/mol. The summed E-state index contributed by atoms with van der Waals surface area (Å²) in [6.45, 7) is 17.4. The summed E-state index contributed by atoms with van der Waals surface area (Å²) < 4.78 is 89.2. The van der Waals surface area contributed by atoms with Gasteiger partial charge in [0.25, 0.3) is 0 Å². The highest BCUT2D eigenvalue weighted by molar-refractivity contribution is 6.98. The minimum atomic E-state index is -5.19. The van der Waals surface area contributed by atoms with Crippen LogP contribution in [0.3, 0.4) is 0 Å². The average Bonchev–Trinajstić information content (AvgIpc) is 0.754. The molecule has 0 unspecified atom stereocenters. The summed E-state index contributed by atoms with van der Waals surface area (Å²) >= 11 is 11.2. The second-order valence-electron chi connectivity index (χ2n) is 24.5. The van der Waals surface area contributed by atoms with Crippen molar-refractivity contribution in [2.24, 2.45) is 5.73 Å². The predicted octanol–water partition coefficient (Wildman–Crippen LogP) is 9.57. The molecular weight excluding hydrogens is 1320 g/mol. The molecule has 2 aliphatic heterocycles. The Morgan fingerprint density at radius 1 is 0.516 bits per heavy atom. The molecule has 26 heteroatoms. The van der Waals surface area contributed by atoms with Crippen molar-refractivity contribution in [2.75, 3.05) is 136 Å². The summed E-state index contributed by atoms with van der Waals surface area (Å²) in [6.07, 6.45) is 20.8. The van der Waals surface area contributed by atoms with Crippen LogP contribution in [0, 0.1) is 0 Å². The van der Waals surface area contributed by atoms with Gasteiger partial charge in [-0.3, -0.25) is 9.59 Å². The van der Waals surface area contributed by atoms with E-state index in [9.17, 15) is 35.9 Å². The number of carboxylic acids is 3. The van der Waals surface area contributed by atoms with Crippen molar-refractivity contribution in [3.8, 4) is 0 Å². The molecule has 0 saturated carbocycles. The van der Waals surface area contributed by atoms with Crippen molar-refractivity contribution >= 4 is 108 Å². The molecular formula is C69H101Cl2F6N5O11Si2. The van der Waals surface area contributed by atoms with Gasteiger partial charge in [-0.25, -0.2) is 9.15 Å². The number of carbonyl (C=O) groups excluding carboxylic acids is 3. The van der Waals surface area contributed by atoms with Gasteiger partial charge >= 0.3 is 18.3 Å². The van der Waals surface area contributed by atoms with E-state index in [-0.39, 0.29) is 6.42 Å². The first-order chi connectivity index (χ1) is 44.7. The molecule has 6 rings (SSSR count). The molecule has 0 radical (unpaired) electrons. The Morgan fingerprint density at radius 2 is 0.863 bits per heavy atom. The van der Waals surface area contributed by atoms with Crippen LogP contribution in [0.4, 0.5) is 37.7 Å². The molecule has 4 aliphatic rings. The highest BCUT2D eigenvalue weighted by Gasteiger charge is 2.39. The zero-order valence-corrected chi connectivity index (χ0v) is 60.6. The molecule has 0 atom stereocenters. The average molecular weight is 1420 g/mol. The maximum absolute atomic E-state index is 12.4. The van der Waals surface area contributed by atoms with Crippen molar-refractivity contribution < 1.29 is 88.9 Å². The van der Waals surface area contributed by atoms with Crippen molar-refractivity contribution in [2.45, 2.75) is 128 Å². The van der Waals surface area contributed by atoms with Crippen molar-refractivity contribution in [3.63, 3.8) is 0 Å². The van der Waals surface area contributed by atoms with Crippen molar-refractivity contribution in [1.29, 1.82) is 0 Å². The first-order valence-electron chi connectivity index (χ1n) is 32.2. The SMILES string of the molecule is CN(CCCC(=O)CCCOCCOCCCCCCCl)c1ccc2c(c1)[Si](C)(C)C1=CC(=[N+](C)C)C=CC1=C2.CN(CCCC(=O)O)c1ccc2c(c1)[Si](C)(C)C1=CC(=[N+](C)C)C=CC1=C2.NCCOCCOCCCCCCCl.O=C([O-])C(F)(F)F.O=C([O-])C(F)(F)F. The number of alkyl halides is 8. The lowest BCUT2D eigenvalue weighted by Crippen LogP contribution is -2.48. The van der Waals surface area contributed by atoms with E-state index in [1.54, 1.807) is 0 Å². The third kappa shape index (κ3) is 32.0. The molecule has 2 aromatic rings. The van der Waals surface area contributed by atoms with E-state index in [4.69, 9.17) is 72.8 Å². The maximum Gasteiger partial charge on any atom is 0.430 e. The van der Waals surface area contributed by atoms with E-state index in [1.807, 2.05) is 7.05 Å². The Bertz CT molecular complexity index is 2990. The third-order valence-corrected chi connectivity index (χ3v) is 23.4. The molecule has 0 fully saturated rings. The van der Waals surface area contributed by atoms with Gasteiger partial charge in [0.1, 0.15) is 62.1 Å². The number of hydrogen-bond acceptors (Lipinski definition) is 13. The molecule has 532 valence electrons. The number of hydrogen-bond donors (Lipinski definition) is 2. The highest BCUT2D eigenvalue weighted by Crippen LogP contribution is 2.36. The number of benzene rings is 2. The van der Waals surface area contributed by atoms with Crippen LogP contribution < -0.4 is 36.1 Å². The zero-order valence-electron chi connectivity index (χ0n) is 57.1. The van der Waals surface area contributed by atoms with Crippen LogP contribution in [-0.2, 0) is 38.1 Å². The number of carbonyl (C=O) groups is 4. The van der Waals surface area contributed by atoms with Crippen LogP contribution in [-0.4, -0.2) is 204 Å². The largest absolute Gasteiger partial charge is 0.542 e. The molecule has 0 saturated heterocycles. The number of rotatable bonds is 34. The lowest BCUT2D eigenvalue weighted by Gasteiger charge is -2.35. The Balaban J connectivity index is 0.000000476. The number of carboxylic acid groups (broad SMARTS) is 3. The zero-order chi connectivity index (χ0) is 71.4. The number of anilines is 2. The van der Waals surface area contributed by atoms with Gasteiger partial charge in [0.2, 0.25) is 0 Å². The summed E-state index contributed by atoms with van der Waals surface area (Å²) in [6, 6.07) is 13.6. The van der Waals surface area contributed by atoms with Gasteiger partial charge in [-0.15, -0.1) is 23.2 Å². The monoisotopic (exact) mass is 1420 g/mol. The first kappa shape index (κ1) is 85.4. The first-order valence-corrected chi connectivity index (χ1v) is 39.3. The fourth-order valence-electron chi connectivity index (χ4n) is 10.3. The van der Waals surface area contributed by atoms with Crippen LogP contribution in [0.15, 0.2) is 94.4 Å². The van der Waals surface area contributed by atoms with Gasteiger partial charge in [-0.2, -0.15) is 26.3 Å². The number of ketones is 1. The number of Topliss-reactive ketones (excluding diaryl/α,β-unsaturated/α-hetero) is 1. The normalized spacial score (nSPS) is 14.5. The van der Waals surface area contributed by atoms with Gasteiger partial charge in [0, 0.05) is 120 Å². The summed E-state index contributed by atoms with van der Waals surface area (Å²) in [7, 11) is 8.91. The molecule has 2 aliphatic carbocycles. The smallest absolute Gasteiger partial charge is 0.430 e. The van der Waals surface area contributed by atoms with Gasteiger partial charge < -0.3 is 59.4 Å². The Labute approximate surface area is 570 Å². The fourth-order valence-corrected chi connectivity index (χ4v) is 16.8. The van der Waals surface area contributed by atoms with Crippen LogP contribution in [0.1, 0.15) is 101 Å². The second-order valence-corrected chi connectivity index (χ2v) is 33.9. The van der Waals surface area contributed by atoms with E-state index < -0.39 is 46.4 Å². The molecule has 2 aromatic carbocycles. The number of unbranched alkanes of at least 4 members (excludes halogenated alkanes) is 6. The van der Waals surface area contributed by atoms with E-state index in [2.05, 4.69) is 165 Å². The summed E-state index contributed by atoms with van der Waals surface area (Å²) in [4.78, 5) is 45.2. The standard InChI is InChI=1S/C33H50ClN2O3Si.C22H28N2O2Si.C10H22ClNO2.2C2HF3O2/c1-35(2)29-16-14-27-24-28-15-17-30(26-33(28)40(4,5)32(27)25-29)36(3)19-10-12-31(37)13-11-21-39-23-22-38-20-9-7-6-8-18-34;1-23(2)18-10-8-16-13-17-9-11-19(24(3)12-6-7-22(25)26)15-21(17)27(4,5)20(16)14-18;11-5-3-1-2-4-7-13-9-10-14-8-6-12;2*3-2(4,5)1(6)7/h14-17,24-26H,6-13,18-23H2,1-5H3;8-11,13-15H,6-7,12H2,1-5H3;1-10,12H2;2*(H,6,7)/q+1;;;;/p-1. The number of fused-ring (bicyclic) bond motifs is 4. The van der Waals surface area contributed by atoms with Gasteiger partial charge in [-0.1, -0.05) is 64.0 Å². The summed E-state index contributed by atoms with van der Waals surface area (Å²) in [5, 5.41) is 32.3. The van der Waals surface area contributed by atoms with Gasteiger partial charge in [0.15, 0.2) is 11.4 Å². The van der Waals surface area contributed by atoms with Crippen LogP contribution >= 0.6 is 23.2 Å². The number of nitrogens with zero attached hydrogens (tertiary/aromatic N) is 4. The molecule has 16 nitrogen and oxygen atoms in total. The maximum atomic E-state index is 12.4. The van der Waals surface area contributed by atoms with E-state index >= 15 is 0 Å². The number of allylic oxidation sites excluding steroid dienone is 10. The van der Waals surface area contributed by atoms with E-state index in [0.29, 0.717) is 71.2 Å². The highest BCUT2D eigenvalue weighted by atomic mass is 35.5. The topological polar surface area (TPSA) is 210 Å². The Kier molecular flexibility index (Phi) is 39.8. The third-order valence-electron chi connectivity index (χ3n) is 15.8. The fraction of sp³-hybridized carbons (Fsp3) is 0.565. The van der Waals surface area contributed by atoms with Crippen LogP contribution in [0.5, 0.6) is 0 Å². The van der Waals surface area contributed by atoms with Crippen LogP contribution in [0.2, 0.25) is 26.2 Å². The molecule has 2 heterocycles. The Morgan fingerprint density at radius 3 is 1.21 bits per heavy atom. The quantitative estimate of drug-likeness (QED) is 0.0220. The number of ether oxygens (including phenoxy) is 4. The summed E-state index contributed by atoms with van der Waals surface area (Å²) in [5.41, 5.74) is 15.5. The van der Waals surface area contributed by atoms with E-state index in [1.165, 1.54) is 91.5 Å². The van der Waals surface area contributed by atoms with Gasteiger partial charge in [0.05, 0.1) is 33.0 Å². The van der Waals surface area contributed by atoms with Crippen molar-refractivity contribution in [3.05, 3.63) is 106 Å². The molecule has 0 amide bonds.